The van der Waals surface area contributed by atoms with Gasteiger partial charge in [0, 0.05) is 26.2 Å². The van der Waals surface area contributed by atoms with Crippen LogP contribution in [0.4, 0.5) is 5.00 Å². The van der Waals surface area contributed by atoms with Crippen molar-refractivity contribution in [1.29, 1.82) is 0 Å². The van der Waals surface area contributed by atoms with E-state index in [9.17, 15) is 4.79 Å². The third-order valence-corrected chi connectivity index (χ3v) is 4.57. The molecule has 0 aliphatic carbocycles. The van der Waals surface area contributed by atoms with E-state index in [1.165, 1.54) is 5.00 Å². The summed E-state index contributed by atoms with van der Waals surface area (Å²) in [4.78, 5) is 16.6. The first-order valence-corrected chi connectivity index (χ1v) is 7.79. The molecule has 1 fully saturated rings. The number of halogens is 1. The maximum Gasteiger partial charge on any atom is 0.242 e. The minimum atomic E-state index is -0.708. The molecular weight excluding hydrogens is 294 g/mol. The summed E-state index contributed by atoms with van der Waals surface area (Å²) in [6, 6.07) is 4.20. The normalized spacial score (nSPS) is 18.4. The van der Waals surface area contributed by atoms with Crippen molar-refractivity contribution in [3.8, 4) is 0 Å². The van der Waals surface area contributed by atoms with Gasteiger partial charge in [0.25, 0.3) is 0 Å². The van der Waals surface area contributed by atoms with Crippen LogP contribution in [0.2, 0.25) is 0 Å². The van der Waals surface area contributed by atoms with Crippen molar-refractivity contribution < 1.29 is 4.79 Å². The van der Waals surface area contributed by atoms with Crippen LogP contribution in [0.15, 0.2) is 17.5 Å². The lowest BCUT2D eigenvalue weighted by molar-refractivity contribution is -0.137. The van der Waals surface area contributed by atoms with Gasteiger partial charge < -0.3 is 15.5 Å². The number of hydrogen-bond acceptors (Lipinski definition) is 4. The Balaban J connectivity index is 0.00000200. The van der Waals surface area contributed by atoms with E-state index in [2.05, 4.69) is 29.3 Å². The van der Waals surface area contributed by atoms with Gasteiger partial charge in [-0.2, -0.15) is 0 Å². The van der Waals surface area contributed by atoms with E-state index in [1.54, 1.807) is 11.3 Å². The lowest BCUT2D eigenvalue weighted by atomic mass is 9.95. The molecule has 1 aromatic rings. The van der Waals surface area contributed by atoms with Crippen molar-refractivity contribution in [1.82, 2.24) is 4.90 Å². The predicted molar refractivity (Wildman–Crippen MR) is 87.9 cm³/mol. The number of carbonyl (C=O) groups excluding carboxylic acids is 1. The molecular formula is C14H24ClN3OS. The minimum Gasteiger partial charge on any atom is -0.360 e. The Bertz CT molecular complexity index is 414. The second kappa shape index (κ2) is 7.29. The number of thiophene rings is 1. The van der Waals surface area contributed by atoms with Gasteiger partial charge in [-0.3, -0.25) is 4.79 Å². The number of carbonyl (C=O) groups is 1. The second-order valence-corrected chi connectivity index (χ2v) is 6.32. The number of rotatable bonds is 4. The lowest BCUT2D eigenvalue weighted by Crippen LogP contribution is -2.58. The Morgan fingerprint density at radius 3 is 2.55 bits per heavy atom. The van der Waals surface area contributed by atoms with E-state index in [-0.39, 0.29) is 18.3 Å². The molecule has 0 spiro atoms. The number of nitrogens with zero attached hydrogens (tertiary/aromatic N) is 2. The van der Waals surface area contributed by atoms with E-state index in [0.717, 1.165) is 39.0 Å². The number of hydrogen-bond donors (Lipinski definition) is 1. The molecule has 2 rings (SSSR count). The van der Waals surface area contributed by atoms with Crippen LogP contribution in [-0.2, 0) is 4.79 Å². The van der Waals surface area contributed by atoms with E-state index in [4.69, 9.17) is 5.73 Å². The molecule has 1 amide bonds. The summed E-state index contributed by atoms with van der Waals surface area (Å²) in [5.74, 6) is 0.0974. The fourth-order valence-electron chi connectivity index (χ4n) is 2.57. The molecule has 1 aliphatic heterocycles. The van der Waals surface area contributed by atoms with Crippen molar-refractivity contribution in [2.75, 3.05) is 31.1 Å². The summed E-state index contributed by atoms with van der Waals surface area (Å²) in [7, 11) is 0. The molecule has 0 radical (unpaired) electrons. The fraction of sp³-hybridized carbons (Fsp3) is 0.643. The summed E-state index contributed by atoms with van der Waals surface area (Å²) in [6.07, 6.45) is 1.69. The molecule has 0 saturated carbocycles. The van der Waals surface area contributed by atoms with Crippen molar-refractivity contribution in [3.63, 3.8) is 0 Å². The zero-order valence-electron chi connectivity index (χ0n) is 12.2. The Morgan fingerprint density at radius 1 is 1.40 bits per heavy atom. The minimum absolute atomic E-state index is 0. The van der Waals surface area contributed by atoms with Crippen LogP contribution in [0, 0.1) is 0 Å². The van der Waals surface area contributed by atoms with Gasteiger partial charge in [-0.1, -0.05) is 13.3 Å². The number of piperazine rings is 1. The number of amides is 1. The van der Waals surface area contributed by atoms with Crippen LogP contribution in [0.25, 0.3) is 0 Å². The quantitative estimate of drug-likeness (QED) is 0.927. The Kier molecular flexibility index (Phi) is 6.30. The van der Waals surface area contributed by atoms with Gasteiger partial charge in [0.2, 0.25) is 5.91 Å². The maximum atomic E-state index is 12.4. The monoisotopic (exact) mass is 317 g/mol. The maximum absolute atomic E-state index is 12.4. The average molecular weight is 318 g/mol. The van der Waals surface area contributed by atoms with Gasteiger partial charge >= 0.3 is 0 Å². The zero-order chi connectivity index (χ0) is 13.9. The molecule has 114 valence electrons. The molecule has 1 aliphatic rings. The van der Waals surface area contributed by atoms with Crippen molar-refractivity contribution in [2.24, 2.45) is 5.73 Å². The van der Waals surface area contributed by atoms with Crippen molar-refractivity contribution in [2.45, 2.75) is 32.2 Å². The standard InChI is InChI=1S/C14H23N3OS.ClH/c1-3-6-14(2,15)13(18)17-9-7-16(8-10-17)12-5-4-11-19-12;/h4-5,11H,3,6-10,15H2,1-2H3;1H. The fourth-order valence-corrected chi connectivity index (χ4v) is 3.35. The van der Waals surface area contributed by atoms with Crippen LogP contribution in [0.5, 0.6) is 0 Å². The Labute approximate surface area is 131 Å². The van der Waals surface area contributed by atoms with Gasteiger partial charge in [-0.25, -0.2) is 0 Å². The second-order valence-electron chi connectivity index (χ2n) is 5.40. The first kappa shape index (κ1) is 17.3. The SMILES string of the molecule is CCCC(C)(N)C(=O)N1CCN(c2cccs2)CC1.Cl. The molecule has 6 heteroatoms. The summed E-state index contributed by atoms with van der Waals surface area (Å²) < 4.78 is 0. The first-order chi connectivity index (χ1) is 9.04. The zero-order valence-corrected chi connectivity index (χ0v) is 13.8. The first-order valence-electron chi connectivity index (χ1n) is 6.91. The Morgan fingerprint density at radius 2 is 2.05 bits per heavy atom. The lowest BCUT2D eigenvalue weighted by Gasteiger charge is -2.38. The third-order valence-electron chi connectivity index (χ3n) is 3.64. The van der Waals surface area contributed by atoms with Crippen LogP contribution < -0.4 is 10.6 Å². The summed E-state index contributed by atoms with van der Waals surface area (Å²) >= 11 is 1.75. The molecule has 1 unspecified atom stereocenters. The highest BCUT2D eigenvalue weighted by Gasteiger charge is 2.33. The highest BCUT2D eigenvalue weighted by Crippen LogP contribution is 2.23. The van der Waals surface area contributed by atoms with Gasteiger partial charge in [-0.15, -0.1) is 23.7 Å². The summed E-state index contributed by atoms with van der Waals surface area (Å²) in [5.41, 5.74) is 5.42. The molecule has 0 bridgehead atoms. The van der Waals surface area contributed by atoms with E-state index < -0.39 is 5.54 Å². The average Bonchev–Trinajstić information content (AvgIpc) is 2.92. The van der Waals surface area contributed by atoms with E-state index in [1.807, 2.05) is 11.8 Å². The van der Waals surface area contributed by atoms with Gasteiger partial charge in [-0.05, 0) is 30.9 Å². The summed E-state index contributed by atoms with van der Waals surface area (Å²) in [5, 5.41) is 3.38. The van der Waals surface area contributed by atoms with Crippen LogP contribution in [0.1, 0.15) is 26.7 Å². The topological polar surface area (TPSA) is 49.6 Å². The summed E-state index contributed by atoms with van der Waals surface area (Å²) in [6.45, 7) is 7.25. The predicted octanol–water partition coefficient (Wildman–Crippen LogP) is 2.34. The highest BCUT2D eigenvalue weighted by atomic mass is 35.5. The van der Waals surface area contributed by atoms with Crippen LogP contribution in [0.3, 0.4) is 0 Å². The van der Waals surface area contributed by atoms with Gasteiger partial charge in [0.05, 0.1) is 10.5 Å². The largest absolute Gasteiger partial charge is 0.360 e. The van der Waals surface area contributed by atoms with Crippen LogP contribution >= 0.6 is 23.7 Å². The molecule has 20 heavy (non-hydrogen) atoms. The molecule has 2 N–H and O–H groups in total. The highest BCUT2D eigenvalue weighted by molar-refractivity contribution is 7.14. The van der Waals surface area contributed by atoms with Gasteiger partial charge in [0.15, 0.2) is 0 Å². The molecule has 1 saturated heterocycles. The van der Waals surface area contributed by atoms with Crippen LogP contribution in [-0.4, -0.2) is 42.5 Å². The molecule has 0 aromatic carbocycles. The van der Waals surface area contributed by atoms with Gasteiger partial charge in [0.1, 0.15) is 0 Å². The molecule has 4 nitrogen and oxygen atoms in total. The third kappa shape index (κ3) is 3.87. The molecule has 1 atom stereocenters. The number of anilines is 1. The molecule has 2 heterocycles. The van der Waals surface area contributed by atoms with Crippen molar-refractivity contribution >= 4 is 34.7 Å². The molecule has 1 aromatic heterocycles. The number of nitrogens with two attached hydrogens (primary N) is 1. The van der Waals surface area contributed by atoms with E-state index >= 15 is 0 Å². The van der Waals surface area contributed by atoms with Crippen molar-refractivity contribution in [3.05, 3.63) is 17.5 Å². The van der Waals surface area contributed by atoms with E-state index in [0.29, 0.717) is 0 Å². The smallest absolute Gasteiger partial charge is 0.242 e. The Hall–Kier alpha value is -0.780.